The van der Waals surface area contributed by atoms with Crippen LogP contribution in [0.15, 0.2) is 24.3 Å². The normalized spacial score (nSPS) is 14.9. The van der Waals surface area contributed by atoms with Crippen molar-refractivity contribution >= 4 is 40.7 Å². The highest BCUT2D eigenvalue weighted by Gasteiger charge is 2.36. The maximum atomic E-state index is 12.1. The van der Waals surface area contributed by atoms with E-state index in [9.17, 15) is 9.59 Å². The van der Waals surface area contributed by atoms with Gasteiger partial charge in [0.25, 0.3) is 11.8 Å². The second-order valence-corrected chi connectivity index (χ2v) is 10.1. The molecular formula is C11H12NO4PS2. The Morgan fingerprint density at radius 1 is 1.16 bits per heavy atom. The van der Waals surface area contributed by atoms with Crippen LogP contribution < -0.4 is 0 Å². The Hall–Kier alpha value is -0.720. The summed E-state index contributed by atoms with van der Waals surface area (Å²) in [5.74, 6) is -0.477. The molecule has 102 valence electrons. The molecular weight excluding hydrogens is 306 g/mol. The number of imide groups is 1. The molecule has 0 saturated carbocycles. The van der Waals surface area contributed by atoms with Crippen molar-refractivity contribution in [2.75, 3.05) is 20.1 Å². The minimum atomic E-state index is -2.48. The van der Waals surface area contributed by atoms with Crippen molar-refractivity contribution in [1.29, 1.82) is 0 Å². The van der Waals surface area contributed by atoms with Gasteiger partial charge in [0.15, 0.2) is 0 Å². The largest absolute Gasteiger partial charge is 0.325 e. The minimum Gasteiger partial charge on any atom is -0.325 e. The first-order valence-corrected chi connectivity index (χ1v) is 9.56. The van der Waals surface area contributed by atoms with E-state index in [0.29, 0.717) is 11.1 Å². The summed E-state index contributed by atoms with van der Waals surface area (Å²) >= 11 is 6.35. The van der Waals surface area contributed by atoms with Crippen molar-refractivity contribution in [1.82, 2.24) is 4.90 Å². The third-order valence-corrected chi connectivity index (χ3v) is 8.29. The molecule has 19 heavy (non-hydrogen) atoms. The van der Waals surface area contributed by atoms with Gasteiger partial charge < -0.3 is 9.05 Å². The van der Waals surface area contributed by atoms with Crippen molar-refractivity contribution in [3.8, 4) is 0 Å². The van der Waals surface area contributed by atoms with Gasteiger partial charge in [-0.3, -0.25) is 14.5 Å². The molecule has 5 nitrogen and oxygen atoms in total. The first kappa shape index (κ1) is 14.7. The average molecular weight is 318 g/mol. The van der Waals surface area contributed by atoms with Gasteiger partial charge in [0.1, 0.15) is 0 Å². The third kappa shape index (κ3) is 2.75. The van der Waals surface area contributed by atoms with E-state index in [1.807, 2.05) is 0 Å². The van der Waals surface area contributed by atoms with Crippen LogP contribution in [-0.4, -0.2) is 36.8 Å². The molecule has 8 heteroatoms. The molecule has 2 amide bonds. The number of nitrogens with zero attached hydrogens (tertiary/aromatic N) is 1. The smallest absolute Gasteiger partial charge is 0.262 e. The van der Waals surface area contributed by atoms with Crippen LogP contribution in [0.25, 0.3) is 0 Å². The first-order valence-electron chi connectivity index (χ1n) is 5.33. The summed E-state index contributed by atoms with van der Waals surface area (Å²) in [6.45, 7) is 0. The van der Waals surface area contributed by atoms with Crippen molar-refractivity contribution < 1.29 is 18.6 Å². The second kappa shape index (κ2) is 5.73. The van der Waals surface area contributed by atoms with Crippen LogP contribution in [0, 0.1) is 0 Å². The third-order valence-electron chi connectivity index (χ3n) is 2.67. The van der Waals surface area contributed by atoms with E-state index < -0.39 is 5.69 Å². The van der Waals surface area contributed by atoms with E-state index in [-0.39, 0.29) is 17.7 Å². The fraction of sp³-hybridized carbons (Fsp3) is 0.273. The lowest BCUT2D eigenvalue weighted by atomic mass is 10.1. The van der Waals surface area contributed by atoms with Gasteiger partial charge in [-0.05, 0) is 35.3 Å². The molecule has 1 aromatic rings. The van der Waals surface area contributed by atoms with Gasteiger partial charge in [-0.25, -0.2) is 0 Å². The van der Waals surface area contributed by atoms with E-state index in [1.165, 1.54) is 14.2 Å². The maximum Gasteiger partial charge on any atom is 0.262 e. The SMILES string of the molecule is COP(=S)(OC)SC[15N]1C(=O)c2ccccc2C1=O. The standard InChI is InChI=1S/C11H12NO4PS2/c1-15-17(18,16-2)19-7-12-10(13)8-5-3-4-6-9(8)11(12)14/h3-6H,7H2,1-2H3/i12+1. The number of hydrogen-bond donors (Lipinski definition) is 0. The van der Waals surface area contributed by atoms with E-state index in [1.54, 1.807) is 24.3 Å². The zero-order chi connectivity index (χ0) is 14.0. The van der Waals surface area contributed by atoms with Crippen LogP contribution in [0.1, 0.15) is 20.7 Å². The average Bonchev–Trinajstić information content (AvgIpc) is 2.69. The molecule has 0 saturated heterocycles. The summed E-state index contributed by atoms with van der Waals surface area (Å²) < 4.78 is 10.2. The Morgan fingerprint density at radius 2 is 1.63 bits per heavy atom. The number of carbonyl (C=O) groups is 2. The molecule has 0 aromatic heterocycles. The van der Waals surface area contributed by atoms with Gasteiger partial charge in [0.05, 0.1) is 17.0 Å². The summed E-state index contributed by atoms with van der Waals surface area (Å²) in [4.78, 5) is 25.3. The molecule has 1 aliphatic heterocycles. The fourth-order valence-electron chi connectivity index (χ4n) is 1.66. The highest BCUT2D eigenvalue weighted by molar-refractivity contribution is 8.67. The Balaban J connectivity index is 2.15. The van der Waals surface area contributed by atoms with Gasteiger partial charge >= 0.3 is 0 Å². The number of amides is 2. The monoisotopic (exact) mass is 318 g/mol. The van der Waals surface area contributed by atoms with Crippen LogP contribution in [0.2, 0.25) is 0 Å². The lowest BCUT2D eigenvalue weighted by Gasteiger charge is -2.20. The summed E-state index contributed by atoms with van der Waals surface area (Å²) in [6.07, 6.45) is 0. The fourth-order valence-corrected chi connectivity index (χ4v) is 4.34. The van der Waals surface area contributed by atoms with Crippen LogP contribution >= 0.6 is 17.1 Å². The molecule has 0 N–H and O–H groups in total. The number of fused-ring (bicyclic) bond motifs is 1. The summed E-state index contributed by atoms with van der Waals surface area (Å²) in [5.41, 5.74) is -1.62. The summed E-state index contributed by atoms with van der Waals surface area (Å²) in [5, 5.41) is 0. The molecule has 0 aliphatic carbocycles. The number of benzene rings is 1. The van der Waals surface area contributed by atoms with E-state index >= 15 is 0 Å². The van der Waals surface area contributed by atoms with Gasteiger partial charge in [0, 0.05) is 14.2 Å². The predicted molar refractivity (Wildman–Crippen MR) is 77.7 cm³/mol. The lowest BCUT2D eigenvalue weighted by molar-refractivity contribution is 0.0684. The van der Waals surface area contributed by atoms with Crippen molar-refractivity contribution in [2.45, 2.75) is 0 Å². The number of hydrogen-bond acceptors (Lipinski definition) is 6. The Bertz CT molecular complexity index is 535. The molecule has 0 atom stereocenters. The van der Waals surface area contributed by atoms with Gasteiger partial charge in [-0.1, -0.05) is 12.1 Å². The molecule has 1 heterocycles. The second-order valence-electron chi connectivity index (χ2n) is 3.65. The van der Waals surface area contributed by atoms with E-state index in [4.69, 9.17) is 20.9 Å². The molecule has 2 rings (SSSR count). The lowest BCUT2D eigenvalue weighted by Crippen LogP contribution is -2.29. The highest BCUT2D eigenvalue weighted by Crippen LogP contribution is 2.60. The highest BCUT2D eigenvalue weighted by atomic mass is 32.9. The van der Waals surface area contributed by atoms with Gasteiger partial charge in [-0.2, -0.15) is 0 Å². The quantitative estimate of drug-likeness (QED) is 0.472. The van der Waals surface area contributed by atoms with Crippen molar-refractivity contribution in [2.24, 2.45) is 0 Å². The molecule has 0 spiro atoms. The molecule has 0 unspecified atom stereocenters. The Kier molecular flexibility index (Phi) is 4.43. The van der Waals surface area contributed by atoms with Gasteiger partial charge in [0.2, 0.25) is 5.69 Å². The Morgan fingerprint density at radius 3 is 2.05 bits per heavy atom. The van der Waals surface area contributed by atoms with Crippen LogP contribution in [0.5, 0.6) is 0 Å². The topological polar surface area (TPSA) is 55.8 Å². The molecule has 0 radical (unpaired) electrons. The minimum absolute atomic E-state index is 0.130. The molecule has 1 aliphatic rings. The van der Waals surface area contributed by atoms with Crippen LogP contribution in [0.3, 0.4) is 0 Å². The van der Waals surface area contributed by atoms with Crippen molar-refractivity contribution in [3.63, 3.8) is 0 Å². The first-order chi connectivity index (χ1) is 9.02. The summed E-state index contributed by atoms with van der Waals surface area (Å²) in [6, 6.07) is 6.75. The Labute approximate surface area is 120 Å². The predicted octanol–water partition coefficient (Wildman–Crippen LogP) is 2.49. The maximum absolute atomic E-state index is 12.1. The summed E-state index contributed by atoms with van der Waals surface area (Å²) in [7, 11) is 2.92. The van der Waals surface area contributed by atoms with E-state index in [2.05, 4.69) is 0 Å². The van der Waals surface area contributed by atoms with Crippen molar-refractivity contribution in [3.05, 3.63) is 35.4 Å². The zero-order valence-electron chi connectivity index (χ0n) is 10.4. The number of rotatable bonds is 5. The van der Waals surface area contributed by atoms with E-state index in [0.717, 1.165) is 16.3 Å². The van der Waals surface area contributed by atoms with Gasteiger partial charge in [-0.15, -0.1) is 0 Å². The molecule has 0 fully saturated rings. The van der Waals surface area contributed by atoms with Crippen LogP contribution in [0.4, 0.5) is 0 Å². The van der Waals surface area contributed by atoms with Crippen LogP contribution in [-0.2, 0) is 20.9 Å². The molecule has 0 bridgehead atoms. The molecule has 1 aromatic carbocycles. The number of carbonyl (C=O) groups excluding carboxylic acids is 2. The zero-order valence-corrected chi connectivity index (χ0v) is 12.9.